The first-order chi connectivity index (χ1) is 13.5. The number of carbonyl (C=O) groups excluding carboxylic acids is 3. The zero-order valence-electron chi connectivity index (χ0n) is 16.3. The van der Waals surface area contributed by atoms with Gasteiger partial charge in [0.1, 0.15) is 5.75 Å². The van der Waals surface area contributed by atoms with Crippen LogP contribution in [0.2, 0.25) is 0 Å². The molecular weight excluding hydrogens is 358 g/mol. The van der Waals surface area contributed by atoms with Gasteiger partial charge in [-0.25, -0.2) is 0 Å². The fourth-order valence-electron chi connectivity index (χ4n) is 2.88. The van der Waals surface area contributed by atoms with Gasteiger partial charge in [0, 0.05) is 0 Å². The maximum Gasteiger partial charge on any atom is 0.314 e. The highest BCUT2D eigenvalue weighted by Gasteiger charge is 2.28. The number of hydrogen-bond donors (Lipinski definition) is 1. The zero-order chi connectivity index (χ0) is 20.5. The second-order valence-corrected chi connectivity index (χ2v) is 6.46. The van der Waals surface area contributed by atoms with Crippen LogP contribution in [0.5, 0.6) is 5.75 Å². The smallest absolute Gasteiger partial charge is 0.314 e. The van der Waals surface area contributed by atoms with E-state index < -0.39 is 30.3 Å². The average molecular weight is 383 g/mol. The van der Waals surface area contributed by atoms with E-state index in [0.717, 1.165) is 12.0 Å². The Bertz CT molecular complexity index is 819. The van der Waals surface area contributed by atoms with Crippen LogP contribution in [0.3, 0.4) is 0 Å². The van der Waals surface area contributed by atoms with Crippen LogP contribution in [0.4, 0.5) is 0 Å². The molecule has 2 aromatic rings. The number of benzene rings is 2. The Balaban J connectivity index is 1.98. The van der Waals surface area contributed by atoms with Crippen molar-refractivity contribution in [2.24, 2.45) is 5.92 Å². The summed E-state index contributed by atoms with van der Waals surface area (Å²) in [7, 11) is 1.44. The molecule has 0 unspecified atom stereocenters. The summed E-state index contributed by atoms with van der Waals surface area (Å²) in [5.74, 6) is -1.86. The third-order valence-electron chi connectivity index (χ3n) is 4.58. The monoisotopic (exact) mass is 383 g/mol. The molecule has 0 fully saturated rings. The minimum atomic E-state index is -0.694. The summed E-state index contributed by atoms with van der Waals surface area (Å²) in [5.41, 5.74) is 1.07. The number of ether oxygens (including phenoxy) is 2. The quantitative estimate of drug-likeness (QED) is 0.707. The molecular formula is C22H25NO5. The highest BCUT2D eigenvalue weighted by Crippen LogP contribution is 2.28. The van der Waals surface area contributed by atoms with E-state index in [1.165, 1.54) is 7.11 Å². The summed E-state index contributed by atoms with van der Waals surface area (Å²) < 4.78 is 10.3. The SMILES string of the molecule is CC[C@H](C)[C@H](C(=O)OCC(=O)NC(=O)c1ccccc1OC)c1ccccc1. The largest absolute Gasteiger partial charge is 0.496 e. The van der Waals surface area contributed by atoms with Crippen molar-refractivity contribution in [1.29, 1.82) is 0 Å². The van der Waals surface area contributed by atoms with Crippen LogP contribution < -0.4 is 10.1 Å². The number of methoxy groups -OCH3 is 1. The summed E-state index contributed by atoms with van der Waals surface area (Å²) in [6.07, 6.45) is 0.785. The number of amides is 2. The number of hydrogen-bond acceptors (Lipinski definition) is 5. The highest BCUT2D eigenvalue weighted by atomic mass is 16.5. The Labute approximate surface area is 164 Å². The van der Waals surface area contributed by atoms with E-state index in [9.17, 15) is 14.4 Å². The number of rotatable bonds is 8. The molecule has 0 spiro atoms. The molecule has 0 aliphatic carbocycles. The topological polar surface area (TPSA) is 81.7 Å². The molecule has 0 aliphatic heterocycles. The first-order valence-electron chi connectivity index (χ1n) is 9.16. The van der Waals surface area contributed by atoms with Gasteiger partial charge in [-0.15, -0.1) is 0 Å². The molecule has 0 saturated carbocycles. The Morgan fingerprint density at radius 2 is 1.64 bits per heavy atom. The number of nitrogens with one attached hydrogen (secondary N) is 1. The molecule has 1 N–H and O–H groups in total. The maximum atomic E-state index is 12.6. The van der Waals surface area contributed by atoms with E-state index in [-0.39, 0.29) is 11.5 Å². The first-order valence-corrected chi connectivity index (χ1v) is 9.16. The van der Waals surface area contributed by atoms with Crippen molar-refractivity contribution in [3.63, 3.8) is 0 Å². The molecule has 2 rings (SSSR count). The Hall–Kier alpha value is -3.15. The lowest BCUT2D eigenvalue weighted by Gasteiger charge is -2.21. The maximum absolute atomic E-state index is 12.6. The minimum absolute atomic E-state index is 0.0492. The van der Waals surface area contributed by atoms with E-state index in [1.807, 2.05) is 44.2 Å². The third kappa shape index (κ3) is 5.42. The molecule has 2 atom stereocenters. The fraction of sp³-hybridized carbons (Fsp3) is 0.318. The van der Waals surface area contributed by atoms with Crippen LogP contribution in [-0.2, 0) is 14.3 Å². The molecule has 2 amide bonds. The summed E-state index contributed by atoms with van der Waals surface area (Å²) in [4.78, 5) is 36.9. The molecule has 2 aromatic carbocycles. The van der Waals surface area contributed by atoms with E-state index in [1.54, 1.807) is 24.3 Å². The van der Waals surface area contributed by atoms with Crippen molar-refractivity contribution >= 4 is 17.8 Å². The number of imide groups is 1. The molecule has 0 bridgehead atoms. The van der Waals surface area contributed by atoms with E-state index in [4.69, 9.17) is 9.47 Å². The molecule has 0 saturated heterocycles. The summed E-state index contributed by atoms with van der Waals surface area (Å²) in [6, 6.07) is 15.9. The molecule has 0 aliphatic rings. The lowest BCUT2D eigenvalue weighted by atomic mass is 9.86. The Morgan fingerprint density at radius 1 is 1.00 bits per heavy atom. The van der Waals surface area contributed by atoms with Crippen molar-refractivity contribution < 1.29 is 23.9 Å². The molecule has 6 nitrogen and oxygen atoms in total. The molecule has 148 valence electrons. The third-order valence-corrected chi connectivity index (χ3v) is 4.58. The average Bonchev–Trinajstić information content (AvgIpc) is 2.72. The standard InChI is InChI=1S/C22H25NO5/c1-4-15(2)20(16-10-6-5-7-11-16)22(26)28-14-19(24)23-21(25)17-12-8-9-13-18(17)27-3/h5-13,15,20H,4,14H2,1-3H3,(H,23,24,25)/t15-,20-/m0/s1. The second-order valence-electron chi connectivity index (χ2n) is 6.46. The van der Waals surface area contributed by atoms with Gasteiger partial charge in [-0.2, -0.15) is 0 Å². The van der Waals surface area contributed by atoms with Crippen molar-refractivity contribution in [3.8, 4) is 5.75 Å². The summed E-state index contributed by atoms with van der Waals surface area (Å²) >= 11 is 0. The lowest BCUT2D eigenvalue weighted by molar-refractivity contribution is -0.151. The Kier molecular flexibility index (Phi) is 7.75. The predicted octanol–water partition coefficient (Wildman–Crippen LogP) is 3.32. The molecule has 0 aromatic heterocycles. The Morgan fingerprint density at radius 3 is 2.29 bits per heavy atom. The van der Waals surface area contributed by atoms with Gasteiger partial charge in [0.15, 0.2) is 6.61 Å². The van der Waals surface area contributed by atoms with E-state index >= 15 is 0 Å². The number of esters is 1. The number of para-hydroxylation sites is 1. The second kappa shape index (κ2) is 10.3. The van der Waals surface area contributed by atoms with Crippen molar-refractivity contribution in [2.45, 2.75) is 26.2 Å². The minimum Gasteiger partial charge on any atom is -0.496 e. The van der Waals surface area contributed by atoms with Crippen LogP contribution in [0, 0.1) is 5.92 Å². The summed E-state index contributed by atoms with van der Waals surface area (Å²) in [5, 5.41) is 2.21. The van der Waals surface area contributed by atoms with E-state index in [2.05, 4.69) is 5.32 Å². The van der Waals surface area contributed by atoms with Crippen LogP contribution in [0.1, 0.15) is 42.1 Å². The van der Waals surface area contributed by atoms with Crippen LogP contribution in [-0.4, -0.2) is 31.5 Å². The lowest BCUT2D eigenvalue weighted by Crippen LogP contribution is -2.35. The van der Waals surface area contributed by atoms with Crippen molar-refractivity contribution in [2.75, 3.05) is 13.7 Å². The van der Waals surface area contributed by atoms with Gasteiger partial charge in [-0.1, -0.05) is 62.7 Å². The first kappa shape index (κ1) is 21.2. The molecule has 0 radical (unpaired) electrons. The predicted molar refractivity (Wildman–Crippen MR) is 105 cm³/mol. The summed E-state index contributed by atoms with van der Waals surface area (Å²) in [6.45, 7) is 3.43. The fourth-order valence-corrected chi connectivity index (χ4v) is 2.88. The van der Waals surface area contributed by atoms with Crippen molar-refractivity contribution in [3.05, 3.63) is 65.7 Å². The van der Waals surface area contributed by atoms with Gasteiger partial charge in [-0.3, -0.25) is 19.7 Å². The van der Waals surface area contributed by atoms with Crippen LogP contribution in [0.15, 0.2) is 54.6 Å². The van der Waals surface area contributed by atoms with Gasteiger partial charge in [0.25, 0.3) is 11.8 Å². The van der Waals surface area contributed by atoms with Gasteiger partial charge < -0.3 is 9.47 Å². The molecule has 0 heterocycles. The van der Waals surface area contributed by atoms with Gasteiger partial charge in [-0.05, 0) is 23.6 Å². The van der Waals surface area contributed by atoms with Gasteiger partial charge in [0.05, 0.1) is 18.6 Å². The number of carbonyl (C=O) groups is 3. The van der Waals surface area contributed by atoms with E-state index in [0.29, 0.717) is 5.75 Å². The van der Waals surface area contributed by atoms with Crippen LogP contribution >= 0.6 is 0 Å². The molecule has 28 heavy (non-hydrogen) atoms. The highest BCUT2D eigenvalue weighted by molar-refractivity contribution is 6.06. The van der Waals surface area contributed by atoms with Gasteiger partial charge >= 0.3 is 5.97 Å². The molecule has 6 heteroatoms. The zero-order valence-corrected chi connectivity index (χ0v) is 16.3. The van der Waals surface area contributed by atoms with Gasteiger partial charge in [0.2, 0.25) is 0 Å². The normalized spacial score (nSPS) is 12.5. The van der Waals surface area contributed by atoms with Crippen LogP contribution in [0.25, 0.3) is 0 Å². The van der Waals surface area contributed by atoms with Crippen molar-refractivity contribution in [1.82, 2.24) is 5.32 Å².